The highest BCUT2D eigenvalue weighted by Gasteiger charge is 2.10. The van der Waals surface area contributed by atoms with Crippen molar-refractivity contribution in [3.8, 4) is 0 Å². The fraction of sp³-hybridized carbons (Fsp3) is 0.300. The monoisotopic (exact) mass is 357 g/mol. The molecule has 0 saturated carbocycles. The summed E-state index contributed by atoms with van der Waals surface area (Å²) in [4.78, 5) is 23.9. The summed E-state index contributed by atoms with van der Waals surface area (Å²) in [5, 5.41) is 7.91. The Hall–Kier alpha value is -2.89. The van der Waals surface area contributed by atoms with Gasteiger partial charge < -0.3 is 16.0 Å². The van der Waals surface area contributed by atoms with E-state index in [1.54, 1.807) is 19.1 Å². The van der Waals surface area contributed by atoms with Crippen molar-refractivity contribution in [2.75, 3.05) is 11.9 Å². The van der Waals surface area contributed by atoms with Crippen molar-refractivity contribution in [3.05, 3.63) is 64.0 Å². The summed E-state index contributed by atoms with van der Waals surface area (Å²) < 4.78 is 13.5. The minimum atomic E-state index is -0.488. The lowest BCUT2D eigenvalue weighted by atomic mass is 10.1. The van der Waals surface area contributed by atoms with Crippen LogP contribution in [0.1, 0.15) is 27.8 Å². The molecule has 0 bridgehead atoms. The Bertz CT molecular complexity index is 811. The lowest BCUT2D eigenvalue weighted by Crippen LogP contribution is -2.39. The Kier molecular flexibility index (Phi) is 6.33. The summed E-state index contributed by atoms with van der Waals surface area (Å²) >= 11 is 0. The van der Waals surface area contributed by atoms with Crippen molar-refractivity contribution in [3.63, 3.8) is 0 Å². The first-order chi connectivity index (χ1) is 12.3. The number of anilines is 1. The van der Waals surface area contributed by atoms with Crippen LogP contribution in [0.5, 0.6) is 0 Å². The number of benzene rings is 2. The SMILES string of the molecule is Cc1cc(C)c(NC(=O)CNC(=O)NCc2ccc(C)c(F)c2)c(C)c1. The Morgan fingerprint density at radius 2 is 1.58 bits per heavy atom. The van der Waals surface area contributed by atoms with Crippen LogP contribution >= 0.6 is 0 Å². The summed E-state index contributed by atoms with van der Waals surface area (Å²) in [6.07, 6.45) is 0. The zero-order chi connectivity index (χ0) is 19.3. The van der Waals surface area contributed by atoms with Gasteiger partial charge in [0, 0.05) is 12.2 Å². The van der Waals surface area contributed by atoms with Crippen LogP contribution in [0.25, 0.3) is 0 Å². The third kappa shape index (κ3) is 5.31. The molecule has 0 aromatic heterocycles. The number of carbonyl (C=O) groups is 2. The quantitative estimate of drug-likeness (QED) is 0.766. The van der Waals surface area contributed by atoms with Crippen LogP contribution in [0.2, 0.25) is 0 Å². The fourth-order valence-electron chi connectivity index (χ4n) is 2.71. The maximum atomic E-state index is 13.5. The van der Waals surface area contributed by atoms with Gasteiger partial charge in [-0.05, 0) is 56.0 Å². The number of rotatable bonds is 5. The van der Waals surface area contributed by atoms with Gasteiger partial charge >= 0.3 is 6.03 Å². The van der Waals surface area contributed by atoms with Gasteiger partial charge in [-0.15, -0.1) is 0 Å². The largest absolute Gasteiger partial charge is 0.334 e. The molecule has 0 aliphatic heterocycles. The van der Waals surface area contributed by atoms with Crippen molar-refractivity contribution >= 4 is 17.6 Å². The number of urea groups is 1. The second-order valence-corrected chi connectivity index (χ2v) is 6.44. The highest BCUT2D eigenvalue weighted by Crippen LogP contribution is 2.21. The molecule has 0 saturated heterocycles. The molecule has 5 nitrogen and oxygen atoms in total. The Labute approximate surface area is 153 Å². The van der Waals surface area contributed by atoms with E-state index in [9.17, 15) is 14.0 Å². The Morgan fingerprint density at radius 3 is 2.19 bits per heavy atom. The topological polar surface area (TPSA) is 70.2 Å². The van der Waals surface area contributed by atoms with E-state index >= 15 is 0 Å². The molecule has 2 rings (SSSR count). The van der Waals surface area contributed by atoms with E-state index in [-0.39, 0.29) is 24.8 Å². The molecule has 0 fully saturated rings. The second kappa shape index (κ2) is 8.47. The summed E-state index contributed by atoms with van der Waals surface area (Å²) in [7, 11) is 0. The van der Waals surface area contributed by atoms with Gasteiger partial charge in [-0.25, -0.2) is 9.18 Å². The van der Waals surface area contributed by atoms with Crippen molar-refractivity contribution in [2.45, 2.75) is 34.2 Å². The van der Waals surface area contributed by atoms with Crippen LogP contribution in [0.15, 0.2) is 30.3 Å². The average molecular weight is 357 g/mol. The zero-order valence-corrected chi connectivity index (χ0v) is 15.5. The van der Waals surface area contributed by atoms with Gasteiger partial charge in [0.1, 0.15) is 5.82 Å². The lowest BCUT2D eigenvalue weighted by Gasteiger charge is -2.13. The minimum absolute atomic E-state index is 0.152. The summed E-state index contributed by atoms with van der Waals surface area (Å²) in [6, 6.07) is 8.27. The molecule has 0 spiro atoms. The molecule has 0 radical (unpaired) electrons. The van der Waals surface area contributed by atoms with Gasteiger partial charge in [0.05, 0.1) is 6.54 Å². The highest BCUT2D eigenvalue weighted by atomic mass is 19.1. The van der Waals surface area contributed by atoms with E-state index < -0.39 is 6.03 Å². The first-order valence-corrected chi connectivity index (χ1v) is 8.40. The summed E-state index contributed by atoms with van der Waals surface area (Å²) in [5.41, 5.74) is 5.04. The molecule has 0 aliphatic rings. The van der Waals surface area contributed by atoms with Crippen molar-refractivity contribution < 1.29 is 14.0 Å². The second-order valence-electron chi connectivity index (χ2n) is 6.44. The first kappa shape index (κ1) is 19.4. The van der Waals surface area contributed by atoms with Gasteiger partial charge in [0.25, 0.3) is 0 Å². The fourth-order valence-corrected chi connectivity index (χ4v) is 2.71. The molecular weight excluding hydrogens is 333 g/mol. The molecule has 3 amide bonds. The zero-order valence-electron chi connectivity index (χ0n) is 15.5. The molecule has 6 heteroatoms. The van der Waals surface area contributed by atoms with E-state index in [2.05, 4.69) is 16.0 Å². The summed E-state index contributed by atoms with van der Waals surface area (Å²) in [6.45, 7) is 7.56. The molecule has 0 unspecified atom stereocenters. The van der Waals surface area contributed by atoms with E-state index in [0.717, 1.165) is 22.4 Å². The summed E-state index contributed by atoms with van der Waals surface area (Å²) in [5.74, 6) is -0.621. The number of aryl methyl sites for hydroxylation is 4. The van der Waals surface area contributed by atoms with E-state index in [1.807, 2.05) is 32.9 Å². The number of hydrogen-bond acceptors (Lipinski definition) is 2. The molecule has 2 aromatic carbocycles. The maximum Gasteiger partial charge on any atom is 0.315 e. The van der Waals surface area contributed by atoms with Crippen molar-refractivity contribution in [1.29, 1.82) is 0 Å². The number of nitrogens with one attached hydrogen (secondary N) is 3. The van der Waals surface area contributed by atoms with E-state index in [0.29, 0.717) is 11.1 Å². The van der Waals surface area contributed by atoms with Crippen LogP contribution in [0.4, 0.5) is 14.9 Å². The lowest BCUT2D eigenvalue weighted by molar-refractivity contribution is -0.115. The smallest absolute Gasteiger partial charge is 0.315 e. The van der Waals surface area contributed by atoms with Gasteiger partial charge in [-0.2, -0.15) is 0 Å². The number of halogens is 1. The maximum absolute atomic E-state index is 13.5. The predicted molar refractivity (Wildman–Crippen MR) is 101 cm³/mol. The molecule has 3 N–H and O–H groups in total. The van der Waals surface area contributed by atoms with Gasteiger partial charge in [-0.3, -0.25) is 4.79 Å². The van der Waals surface area contributed by atoms with Crippen LogP contribution in [-0.4, -0.2) is 18.5 Å². The van der Waals surface area contributed by atoms with Crippen molar-refractivity contribution in [2.24, 2.45) is 0 Å². The third-order valence-corrected chi connectivity index (χ3v) is 4.04. The van der Waals surface area contributed by atoms with E-state index in [4.69, 9.17) is 0 Å². The van der Waals surface area contributed by atoms with Crippen molar-refractivity contribution in [1.82, 2.24) is 10.6 Å². The number of carbonyl (C=O) groups excluding carboxylic acids is 2. The number of amides is 3. The van der Waals surface area contributed by atoms with Gasteiger partial charge in [-0.1, -0.05) is 29.8 Å². The van der Waals surface area contributed by atoms with Crippen LogP contribution in [0, 0.1) is 33.5 Å². The first-order valence-electron chi connectivity index (χ1n) is 8.40. The third-order valence-electron chi connectivity index (χ3n) is 4.04. The molecule has 138 valence electrons. The normalized spacial score (nSPS) is 10.3. The van der Waals surface area contributed by atoms with Crippen LogP contribution in [-0.2, 0) is 11.3 Å². The average Bonchev–Trinajstić information content (AvgIpc) is 2.57. The standard InChI is InChI=1S/C20H24FN3O2/c1-12-7-14(3)19(15(4)8-12)24-18(25)11-23-20(26)22-10-16-6-5-13(2)17(21)9-16/h5-9H,10-11H2,1-4H3,(H,24,25)(H2,22,23,26). The molecule has 0 heterocycles. The highest BCUT2D eigenvalue weighted by molar-refractivity contribution is 5.95. The Morgan fingerprint density at radius 1 is 0.923 bits per heavy atom. The van der Waals surface area contributed by atoms with Gasteiger partial charge in [0.2, 0.25) is 5.91 Å². The molecule has 2 aromatic rings. The predicted octanol–water partition coefficient (Wildman–Crippen LogP) is 3.50. The molecular formula is C20H24FN3O2. The molecule has 0 atom stereocenters. The number of hydrogen-bond donors (Lipinski definition) is 3. The van der Waals surface area contributed by atoms with Gasteiger partial charge in [0.15, 0.2) is 0 Å². The minimum Gasteiger partial charge on any atom is -0.334 e. The van der Waals surface area contributed by atoms with Crippen LogP contribution in [0.3, 0.4) is 0 Å². The van der Waals surface area contributed by atoms with E-state index in [1.165, 1.54) is 6.07 Å². The Balaban J connectivity index is 1.81. The van der Waals surface area contributed by atoms with Crippen LogP contribution < -0.4 is 16.0 Å². The molecule has 0 aliphatic carbocycles. The molecule has 26 heavy (non-hydrogen) atoms.